The average molecular weight is 360 g/mol. The molecule has 5 atom stereocenters. The van der Waals surface area contributed by atoms with Gasteiger partial charge in [-0.3, -0.25) is 9.59 Å². The summed E-state index contributed by atoms with van der Waals surface area (Å²) in [7, 11) is 0. The Hall–Kier alpha value is -1.42. The Bertz CT molecular complexity index is 684. The van der Waals surface area contributed by atoms with Crippen LogP contribution in [0.5, 0.6) is 0 Å². The number of rotatable bonds is 1. The average Bonchev–Trinajstić information content (AvgIpc) is 3.11. The third kappa shape index (κ3) is 3.53. The lowest BCUT2D eigenvalue weighted by molar-refractivity contribution is -0.147. The molecule has 4 heteroatoms. The molecule has 0 amide bonds. The van der Waals surface area contributed by atoms with Gasteiger partial charge in [0.1, 0.15) is 12.2 Å². The molecule has 1 saturated carbocycles. The maximum Gasteiger partial charge on any atom is 0.303 e. The lowest BCUT2D eigenvalue weighted by Gasteiger charge is -2.31. The zero-order valence-corrected chi connectivity index (χ0v) is 17.0. The minimum absolute atomic E-state index is 0.0348. The van der Waals surface area contributed by atoms with Gasteiger partial charge < -0.3 is 9.47 Å². The van der Waals surface area contributed by atoms with Crippen molar-refractivity contribution < 1.29 is 19.1 Å². The van der Waals surface area contributed by atoms with Crippen LogP contribution in [0.1, 0.15) is 73.6 Å². The van der Waals surface area contributed by atoms with Crippen molar-refractivity contribution >= 4 is 11.8 Å². The van der Waals surface area contributed by atoms with Crippen LogP contribution in [-0.4, -0.2) is 29.6 Å². The van der Waals surface area contributed by atoms with Gasteiger partial charge in [-0.05, 0) is 63.9 Å². The van der Waals surface area contributed by atoms with Crippen molar-refractivity contribution in [3.63, 3.8) is 0 Å². The maximum absolute atomic E-state index is 12.7. The molecule has 0 bridgehead atoms. The van der Waals surface area contributed by atoms with Crippen LogP contribution < -0.4 is 0 Å². The molecule has 2 aliphatic carbocycles. The minimum Gasteiger partial charge on any atom is -0.459 e. The Kier molecular flexibility index (Phi) is 4.93. The van der Waals surface area contributed by atoms with Crippen LogP contribution in [0.4, 0.5) is 0 Å². The van der Waals surface area contributed by atoms with Gasteiger partial charge in [-0.15, -0.1) is 0 Å². The summed E-state index contributed by atoms with van der Waals surface area (Å²) in [6.45, 7) is 12.0. The fourth-order valence-corrected chi connectivity index (χ4v) is 5.05. The maximum atomic E-state index is 12.7. The van der Waals surface area contributed by atoms with E-state index in [1.54, 1.807) is 0 Å². The first-order chi connectivity index (χ1) is 12.1. The zero-order valence-electron chi connectivity index (χ0n) is 17.0. The molecule has 0 aromatic heterocycles. The molecule has 0 spiro atoms. The molecule has 0 aromatic rings. The summed E-state index contributed by atoms with van der Waals surface area (Å²) >= 11 is 0. The van der Waals surface area contributed by atoms with E-state index in [9.17, 15) is 9.59 Å². The highest BCUT2D eigenvalue weighted by Gasteiger charge is 2.58. The molecule has 0 radical (unpaired) electrons. The Morgan fingerprint density at radius 1 is 1.27 bits per heavy atom. The Labute approximate surface area is 157 Å². The SMILES string of the molecule is CC(=O)O[C@H]1CC(C)=CC[C@]2(C)CC(=O)C(=C(C)C)[C@H]2CC[C@]2(C)O[C@@H]12. The fourth-order valence-electron chi connectivity index (χ4n) is 5.05. The van der Waals surface area contributed by atoms with Gasteiger partial charge in [0.15, 0.2) is 5.78 Å². The number of Topliss-reactive ketones (excluding diaryl/α,β-unsaturated/α-hetero) is 1. The van der Waals surface area contributed by atoms with Crippen molar-refractivity contribution in [3.05, 3.63) is 22.8 Å². The number of epoxide rings is 1. The van der Waals surface area contributed by atoms with Crippen molar-refractivity contribution in [2.24, 2.45) is 11.3 Å². The molecule has 0 unspecified atom stereocenters. The number of ether oxygens (including phenoxy) is 2. The molecule has 0 aromatic carbocycles. The second-order valence-corrected chi connectivity index (χ2v) is 9.22. The molecule has 26 heavy (non-hydrogen) atoms. The Morgan fingerprint density at radius 2 is 1.96 bits per heavy atom. The summed E-state index contributed by atoms with van der Waals surface area (Å²) in [5.41, 5.74) is 3.09. The highest BCUT2D eigenvalue weighted by atomic mass is 16.6. The number of ketones is 1. The van der Waals surface area contributed by atoms with E-state index in [1.165, 1.54) is 12.5 Å². The highest BCUT2D eigenvalue weighted by molar-refractivity contribution is 5.99. The predicted molar refractivity (Wildman–Crippen MR) is 101 cm³/mol. The van der Waals surface area contributed by atoms with E-state index < -0.39 is 0 Å². The first kappa shape index (κ1) is 19.3. The molecule has 4 nitrogen and oxygen atoms in total. The predicted octanol–water partition coefficient (Wildman–Crippen LogP) is 4.53. The molecule has 2 fully saturated rings. The molecule has 0 N–H and O–H groups in total. The van der Waals surface area contributed by atoms with E-state index >= 15 is 0 Å². The molecule has 1 saturated heterocycles. The van der Waals surface area contributed by atoms with Gasteiger partial charge in [-0.25, -0.2) is 0 Å². The first-order valence-corrected chi connectivity index (χ1v) is 9.77. The Balaban J connectivity index is 1.93. The third-order valence-corrected chi connectivity index (χ3v) is 6.56. The van der Waals surface area contributed by atoms with Crippen LogP contribution in [0.3, 0.4) is 0 Å². The van der Waals surface area contributed by atoms with Gasteiger partial charge >= 0.3 is 5.97 Å². The third-order valence-electron chi connectivity index (χ3n) is 6.56. The number of fused-ring (bicyclic) bond motifs is 2. The molecular weight excluding hydrogens is 328 g/mol. The largest absolute Gasteiger partial charge is 0.459 e. The number of allylic oxidation sites excluding steroid dienone is 3. The minimum atomic E-state index is -0.260. The van der Waals surface area contributed by atoms with E-state index in [0.717, 1.165) is 30.4 Å². The fraction of sp³-hybridized carbons (Fsp3) is 0.727. The van der Waals surface area contributed by atoms with Gasteiger partial charge in [-0.1, -0.05) is 24.1 Å². The number of hydrogen-bond donors (Lipinski definition) is 0. The number of carbonyl (C=O) groups is 2. The molecule has 144 valence electrons. The van der Waals surface area contributed by atoms with E-state index in [1.807, 2.05) is 0 Å². The molecular formula is C22H32O4. The monoisotopic (exact) mass is 360 g/mol. The van der Waals surface area contributed by atoms with Gasteiger partial charge in [0.05, 0.1) is 5.60 Å². The van der Waals surface area contributed by atoms with Crippen molar-refractivity contribution in [1.82, 2.24) is 0 Å². The smallest absolute Gasteiger partial charge is 0.303 e. The van der Waals surface area contributed by atoms with Crippen LogP contribution in [-0.2, 0) is 19.1 Å². The quantitative estimate of drug-likeness (QED) is 0.298. The van der Waals surface area contributed by atoms with Crippen molar-refractivity contribution in [1.29, 1.82) is 0 Å². The summed E-state index contributed by atoms with van der Waals surface area (Å²) < 4.78 is 11.6. The first-order valence-electron chi connectivity index (χ1n) is 9.77. The Morgan fingerprint density at radius 3 is 2.58 bits per heavy atom. The molecule has 3 rings (SSSR count). The summed E-state index contributed by atoms with van der Waals surface area (Å²) in [5, 5.41) is 0. The van der Waals surface area contributed by atoms with Crippen LogP contribution in [0, 0.1) is 11.3 Å². The summed E-state index contributed by atoms with van der Waals surface area (Å²) in [6, 6.07) is 0. The lowest BCUT2D eigenvalue weighted by atomic mass is 9.72. The van der Waals surface area contributed by atoms with Gasteiger partial charge in [0, 0.05) is 19.8 Å². The van der Waals surface area contributed by atoms with Crippen molar-refractivity contribution in [2.75, 3.05) is 0 Å². The molecule has 1 heterocycles. The second-order valence-electron chi connectivity index (χ2n) is 9.22. The summed E-state index contributed by atoms with van der Waals surface area (Å²) in [4.78, 5) is 24.2. The second kappa shape index (κ2) is 6.63. The van der Waals surface area contributed by atoms with E-state index in [0.29, 0.717) is 18.6 Å². The van der Waals surface area contributed by atoms with Crippen molar-refractivity contribution in [3.8, 4) is 0 Å². The van der Waals surface area contributed by atoms with Crippen LogP contribution in [0.15, 0.2) is 22.8 Å². The standard InChI is InChI=1S/C22H32O4/c1-13(2)19-16-8-10-22(6)20(26-22)18(25-15(4)23)11-14(3)7-9-21(16,5)12-17(19)24/h7,16,18,20H,8-12H2,1-6H3/t16-,18+,20+,21-,22+/m1/s1. The molecule has 3 aliphatic rings. The van der Waals surface area contributed by atoms with Gasteiger partial charge in [0.25, 0.3) is 0 Å². The highest BCUT2D eigenvalue weighted by Crippen LogP contribution is 2.54. The normalized spacial score (nSPS) is 40.1. The summed E-state index contributed by atoms with van der Waals surface area (Å²) in [5.74, 6) is 0.338. The number of esters is 1. The molecule has 1 aliphatic heterocycles. The van der Waals surface area contributed by atoms with Crippen LogP contribution in [0.2, 0.25) is 0 Å². The van der Waals surface area contributed by atoms with Crippen LogP contribution >= 0.6 is 0 Å². The van der Waals surface area contributed by atoms with Gasteiger partial charge in [0.2, 0.25) is 0 Å². The number of carbonyl (C=O) groups excluding carboxylic acids is 2. The van der Waals surface area contributed by atoms with Crippen molar-refractivity contribution in [2.45, 2.75) is 91.5 Å². The van der Waals surface area contributed by atoms with E-state index in [4.69, 9.17) is 9.47 Å². The van der Waals surface area contributed by atoms with E-state index in [2.05, 4.69) is 40.7 Å². The van der Waals surface area contributed by atoms with Gasteiger partial charge in [-0.2, -0.15) is 0 Å². The van der Waals surface area contributed by atoms with E-state index in [-0.39, 0.29) is 35.1 Å². The topological polar surface area (TPSA) is 55.9 Å². The summed E-state index contributed by atoms with van der Waals surface area (Å²) in [6.07, 6.45) is 6.01. The lowest BCUT2D eigenvalue weighted by Crippen LogP contribution is -2.28. The zero-order chi connectivity index (χ0) is 19.3. The number of hydrogen-bond acceptors (Lipinski definition) is 4. The van der Waals surface area contributed by atoms with Crippen LogP contribution in [0.25, 0.3) is 0 Å².